The van der Waals surface area contributed by atoms with E-state index in [0.717, 1.165) is 37.8 Å². The number of benzene rings is 1. The van der Waals surface area contributed by atoms with E-state index in [1.54, 1.807) is 4.90 Å². The van der Waals surface area contributed by atoms with Gasteiger partial charge in [0, 0.05) is 24.8 Å². The van der Waals surface area contributed by atoms with Crippen LogP contribution >= 0.6 is 0 Å². The summed E-state index contributed by atoms with van der Waals surface area (Å²) in [5, 5.41) is 6.35. The first-order chi connectivity index (χ1) is 19.2. The van der Waals surface area contributed by atoms with Crippen molar-refractivity contribution >= 4 is 23.4 Å². The van der Waals surface area contributed by atoms with Crippen molar-refractivity contribution in [1.29, 1.82) is 0 Å². The lowest BCUT2D eigenvalue weighted by molar-refractivity contribution is -0.141. The number of anilines is 1. The Kier molecular flexibility index (Phi) is 8.39. The van der Waals surface area contributed by atoms with Gasteiger partial charge < -0.3 is 25.2 Å². The van der Waals surface area contributed by atoms with E-state index < -0.39 is 29.6 Å². The third-order valence-electron chi connectivity index (χ3n) is 9.86. The van der Waals surface area contributed by atoms with Gasteiger partial charge in [-0.15, -0.1) is 0 Å². The molecule has 3 heterocycles. The quantitative estimate of drug-likeness (QED) is 0.433. The molecule has 3 aliphatic heterocycles. The Morgan fingerprint density at radius 2 is 1.98 bits per heavy atom. The molecule has 8 atom stereocenters. The zero-order valence-electron chi connectivity index (χ0n) is 24.7. The molecule has 40 heavy (non-hydrogen) atoms. The third-order valence-corrected chi connectivity index (χ3v) is 9.86. The summed E-state index contributed by atoms with van der Waals surface area (Å²) in [6, 6.07) is 6.90. The van der Waals surface area contributed by atoms with E-state index in [1.807, 2.05) is 43.3 Å². The van der Waals surface area contributed by atoms with Crippen LogP contribution in [0.4, 0.5) is 5.69 Å². The number of hydrogen-bond acceptors (Lipinski definition) is 5. The summed E-state index contributed by atoms with van der Waals surface area (Å²) in [6.07, 6.45) is 8.61. The highest BCUT2D eigenvalue weighted by atomic mass is 16.5. The van der Waals surface area contributed by atoms with E-state index in [0.29, 0.717) is 30.6 Å². The van der Waals surface area contributed by atoms with Crippen molar-refractivity contribution in [3.8, 4) is 0 Å². The van der Waals surface area contributed by atoms with Crippen molar-refractivity contribution in [3.63, 3.8) is 0 Å². The molecule has 2 saturated heterocycles. The molecule has 0 aromatic heterocycles. The number of unbranched alkanes of at least 4 members (excludes halogenated alkanes) is 1. The number of carbonyl (C=O) groups is 3. The molecular formula is C32H46N4O4. The highest BCUT2D eigenvalue weighted by Gasteiger charge is 2.72. The van der Waals surface area contributed by atoms with Gasteiger partial charge in [-0.2, -0.15) is 0 Å². The number of ether oxygens (including phenoxy) is 1. The molecule has 2 bridgehead atoms. The van der Waals surface area contributed by atoms with E-state index in [2.05, 4.69) is 43.4 Å². The minimum absolute atomic E-state index is 0.0684. The number of nitrogens with zero attached hydrogens (tertiary/aromatic N) is 2. The second kappa shape index (κ2) is 11.6. The molecule has 1 aromatic rings. The highest BCUT2D eigenvalue weighted by molar-refractivity contribution is 6.02. The zero-order chi connectivity index (χ0) is 28.6. The summed E-state index contributed by atoms with van der Waals surface area (Å²) in [5.74, 6) is -1.09. The van der Waals surface area contributed by atoms with Crippen LogP contribution in [0.15, 0.2) is 36.4 Å². The predicted molar refractivity (Wildman–Crippen MR) is 156 cm³/mol. The predicted octanol–water partition coefficient (Wildman–Crippen LogP) is 3.76. The number of rotatable bonds is 10. The summed E-state index contributed by atoms with van der Waals surface area (Å²) >= 11 is 0. The van der Waals surface area contributed by atoms with Gasteiger partial charge in [0.05, 0.1) is 17.9 Å². The number of likely N-dealkylation sites (tertiary alicyclic amines) is 1. The van der Waals surface area contributed by atoms with Crippen molar-refractivity contribution in [2.45, 2.75) is 83.6 Å². The first-order valence-electron chi connectivity index (χ1n) is 15.2. The maximum atomic E-state index is 14.2. The maximum Gasteiger partial charge on any atom is 0.246 e. The van der Waals surface area contributed by atoms with Crippen LogP contribution in [-0.4, -0.2) is 78.0 Å². The second-order valence-electron chi connectivity index (χ2n) is 12.6. The van der Waals surface area contributed by atoms with Gasteiger partial charge in [0.2, 0.25) is 17.7 Å². The molecule has 1 spiro atoms. The summed E-state index contributed by atoms with van der Waals surface area (Å²) < 4.78 is 6.51. The number of amides is 3. The summed E-state index contributed by atoms with van der Waals surface area (Å²) in [5.41, 5.74) is 0.600. The molecule has 0 unspecified atom stereocenters. The molecule has 1 aliphatic carbocycles. The molecule has 3 amide bonds. The van der Waals surface area contributed by atoms with Gasteiger partial charge in [0.1, 0.15) is 11.6 Å². The topological polar surface area (TPSA) is 91.0 Å². The van der Waals surface area contributed by atoms with E-state index in [1.165, 1.54) is 6.42 Å². The van der Waals surface area contributed by atoms with Gasteiger partial charge >= 0.3 is 0 Å². The Balaban J connectivity index is 1.41. The first kappa shape index (κ1) is 28.8. The number of nitrogens with one attached hydrogen (secondary N) is 2. The van der Waals surface area contributed by atoms with Crippen LogP contribution in [0, 0.1) is 30.6 Å². The largest absolute Gasteiger partial charge is 0.359 e. The van der Waals surface area contributed by atoms with Crippen molar-refractivity contribution < 1.29 is 19.1 Å². The number of likely N-dealkylation sites (N-methyl/N-ethyl adjacent to an activating group) is 1. The van der Waals surface area contributed by atoms with Gasteiger partial charge in [-0.25, -0.2) is 0 Å². The van der Waals surface area contributed by atoms with Crippen molar-refractivity contribution in [3.05, 3.63) is 42.0 Å². The van der Waals surface area contributed by atoms with Crippen molar-refractivity contribution in [2.24, 2.45) is 23.7 Å². The van der Waals surface area contributed by atoms with Crippen LogP contribution in [0.25, 0.3) is 0 Å². The summed E-state index contributed by atoms with van der Waals surface area (Å²) in [7, 11) is 2.05. The Hall–Kier alpha value is -2.71. The second-order valence-corrected chi connectivity index (χ2v) is 12.6. The number of hydrogen-bond donors (Lipinski definition) is 2. The lowest BCUT2D eigenvalue weighted by Crippen LogP contribution is -2.58. The van der Waals surface area contributed by atoms with Crippen molar-refractivity contribution in [1.82, 2.24) is 15.1 Å². The maximum absolute atomic E-state index is 14.2. The van der Waals surface area contributed by atoms with Crippen molar-refractivity contribution in [2.75, 3.05) is 32.0 Å². The van der Waals surface area contributed by atoms with Gasteiger partial charge in [-0.1, -0.05) is 64.3 Å². The van der Waals surface area contributed by atoms with E-state index in [-0.39, 0.29) is 23.8 Å². The molecule has 3 fully saturated rings. The average Bonchev–Trinajstić information content (AvgIpc) is 3.56. The Labute approximate surface area is 238 Å². The number of fused-ring (bicyclic) bond motifs is 1. The monoisotopic (exact) mass is 550 g/mol. The Morgan fingerprint density at radius 1 is 1.18 bits per heavy atom. The van der Waals surface area contributed by atoms with Gasteiger partial charge in [-0.3, -0.25) is 14.4 Å². The minimum Gasteiger partial charge on any atom is -0.359 e. The fourth-order valence-electron chi connectivity index (χ4n) is 7.32. The molecular weight excluding hydrogens is 504 g/mol. The minimum atomic E-state index is -1.13. The molecule has 0 radical (unpaired) electrons. The van der Waals surface area contributed by atoms with E-state index in [9.17, 15) is 14.4 Å². The van der Waals surface area contributed by atoms with Gasteiger partial charge in [0.25, 0.3) is 0 Å². The highest BCUT2D eigenvalue weighted by Crippen LogP contribution is 2.55. The van der Waals surface area contributed by atoms with Gasteiger partial charge in [-0.05, 0) is 62.9 Å². The van der Waals surface area contributed by atoms with Crippen LogP contribution in [0.3, 0.4) is 0 Å². The molecule has 1 aromatic carbocycles. The Bertz CT molecular complexity index is 1150. The smallest absolute Gasteiger partial charge is 0.246 e. The zero-order valence-corrected chi connectivity index (χ0v) is 24.7. The average molecular weight is 551 g/mol. The molecule has 218 valence electrons. The van der Waals surface area contributed by atoms with Crippen LogP contribution in [0.5, 0.6) is 0 Å². The van der Waals surface area contributed by atoms with Crippen LogP contribution in [0.1, 0.15) is 58.4 Å². The number of carbonyl (C=O) groups excluding carboxylic acids is 3. The molecule has 2 N–H and O–H groups in total. The van der Waals surface area contributed by atoms with Crippen LogP contribution < -0.4 is 10.6 Å². The lowest BCUT2D eigenvalue weighted by Gasteiger charge is -2.38. The van der Waals surface area contributed by atoms with E-state index in [4.69, 9.17) is 4.74 Å². The normalized spacial score (nSPS) is 34.4. The molecule has 1 saturated carbocycles. The van der Waals surface area contributed by atoms with Gasteiger partial charge in [0.15, 0.2) is 0 Å². The fraction of sp³-hybridized carbons (Fsp3) is 0.656. The standard InChI is InChI=1S/C32H46N4O4/c1-6-7-16-35(5)17-18-36-28(30(38)34-24-13-9-11-21(3)22(24)4)32-15-14-25(40-32)26(27(32)31(36)39)29(37)33-23-12-8-10-20(2)19-23/h8,10,12,14-15,19,21-22,24-28H,6-7,9,11,13,16-18H2,1-5H3,(H,33,37)(H,34,38)/t21-,22+,24+,25-,26+,27-,28-,32-/m0/s1. The Morgan fingerprint density at radius 3 is 2.73 bits per heavy atom. The SMILES string of the molecule is CCCCN(C)CCN1C(=O)[C@@H]2[C@H](C(=O)Nc3cccc(C)c3)[C@@H]3C=C[C@@]2(O3)[C@@H]1C(=O)N[C@@H]1CCC[C@H](C)[C@H]1C. The fourth-order valence-corrected chi connectivity index (χ4v) is 7.32. The molecule has 8 heteroatoms. The molecule has 4 aliphatic rings. The molecule has 5 rings (SSSR count). The third kappa shape index (κ3) is 5.20. The first-order valence-corrected chi connectivity index (χ1v) is 15.2. The van der Waals surface area contributed by atoms with Crippen LogP contribution in [-0.2, 0) is 19.1 Å². The molecule has 8 nitrogen and oxygen atoms in total. The lowest BCUT2D eigenvalue weighted by atomic mass is 9.73. The summed E-state index contributed by atoms with van der Waals surface area (Å²) in [6.45, 7) is 10.6. The number of aryl methyl sites for hydroxylation is 1. The summed E-state index contributed by atoms with van der Waals surface area (Å²) in [4.78, 5) is 45.9. The van der Waals surface area contributed by atoms with Crippen LogP contribution in [0.2, 0.25) is 0 Å². The van der Waals surface area contributed by atoms with E-state index >= 15 is 0 Å².